The molecule has 1 amide bonds. The molecule has 8 heteroatoms. The molecule has 23 heavy (non-hydrogen) atoms. The van der Waals surface area contributed by atoms with Crippen molar-refractivity contribution in [1.82, 2.24) is 19.6 Å². The van der Waals surface area contributed by atoms with Crippen molar-refractivity contribution in [2.24, 2.45) is 0 Å². The Morgan fingerprint density at radius 1 is 1.22 bits per heavy atom. The maximum Gasteiger partial charge on any atom is 0.269 e. The van der Waals surface area contributed by atoms with E-state index >= 15 is 0 Å². The van der Waals surface area contributed by atoms with Crippen molar-refractivity contribution in [2.45, 2.75) is 23.4 Å². The Balaban J connectivity index is 1.74. The third-order valence-corrected chi connectivity index (χ3v) is 4.59. The van der Waals surface area contributed by atoms with Crippen LogP contribution >= 0.6 is 23.3 Å². The zero-order chi connectivity index (χ0) is 16.1. The van der Waals surface area contributed by atoms with E-state index in [0.29, 0.717) is 22.7 Å². The fourth-order valence-electron chi connectivity index (χ4n) is 1.86. The van der Waals surface area contributed by atoms with Crippen LogP contribution in [-0.4, -0.2) is 25.5 Å². The molecule has 0 bridgehead atoms. The maximum absolute atomic E-state index is 12.3. The zero-order valence-corrected chi connectivity index (χ0v) is 13.9. The highest BCUT2D eigenvalue weighted by molar-refractivity contribution is 7.99. The predicted molar refractivity (Wildman–Crippen MR) is 89.8 cm³/mol. The van der Waals surface area contributed by atoms with E-state index in [2.05, 4.69) is 24.9 Å². The Bertz CT molecular complexity index is 806. The van der Waals surface area contributed by atoms with Gasteiger partial charge in [-0.3, -0.25) is 4.79 Å². The lowest BCUT2D eigenvalue weighted by Gasteiger charge is -2.06. The van der Waals surface area contributed by atoms with Crippen LogP contribution in [0.4, 0.5) is 5.69 Å². The Morgan fingerprint density at radius 2 is 2.09 bits per heavy atom. The minimum absolute atomic E-state index is 0.197. The topological polar surface area (TPSA) is 80.7 Å². The molecule has 0 unspecified atom stereocenters. The summed E-state index contributed by atoms with van der Waals surface area (Å²) < 4.78 is 3.84. The number of nitrogens with one attached hydrogen (secondary N) is 1. The van der Waals surface area contributed by atoms with Gasteiger partial charge in [-0.05, 0) is 42.2 Å². The van der Waals surface area contributed by atoms with Crippen molar-refractivity contribution in [1.29, 1.82) is 0 Å². The third-order valence-electron chi connectivity index (χ3n) is 2.94. The van der Waals surface area contributed by atoms with E-state index in [4.69, 9.17) is 0 Å². The highest BCUT2D eigenvalue weighted by atomic mass is 32.2. The molecule has 0 spiro atoms. The van der Waals surface area contributed by atoms with Crippen LogP contribution in [0.5, 0.6) is 0 Å². The molecule has 3 heterocycles. The van der Waals surface area contributed by atoms with Gasteiger partial charge in [-0.25, -0.2) is 9.97 Å². The van der Waals surface area contributed by atoms with Crippen LogP contribution in [0.1, 0.15) is 22.3 Å². The number of anilines is 1. The van der Waals surface area contributed by atoms with Crippen molar-refractivity contribution in [2.75, 3.05) is 5.32 Å². The van der Waals surface area contributed by atoms with Crippen LogP contribution in [0.2, 0.25) is 0 Å². The molecule has 6 nitrogen and oxygen atoms in total. The summed E-state index contributed by atoms with van der Waals surface area (Å²) in [5.41, 5.74) is 1.39. The van der Waals surface area contributed by atoms with Gasteiger partial charge in [0, 0.05) is 18.1 Å². The molecule has 0 aromatic carbocycles. The van der Waals surface area contributed by atoms with Crippen LogP contribution in [0.3, 0.4) is 0 Å². The van der Waals surface area contributed by atoms with Crippen LogP contribution in [0.25, 0.3) is 0 Å². The van der Waals surface area contributed by atoms with E-state index in [9.17, 15) is 4.79 Å². The van der Waals surface area contributed by atoms with E-state index in [0.717, 1.165) is 21.6 Å². The first-order valence-electron chi connectivity index (χ1n) is 6.93. The molecule has 3 rings (SSSR count). The summed E-state index contributed by atoms with van der Waals surface area (Å²) in [6.07, 6.45) is 4.07. The lowest BCUT2D eigenvalue weighted by molar-refractivity contribution is 0.102. The number of rotatable bonds is 5. The number of amides is 1. The standard InChI is InChI=1S/C15H13N5OS2/c1-2-11-14(23-20-19-11)15(21)18-10-6-8-17-13(9-10)22-12-5-3-4-7-16-12/h3-9H,2H2,1H3,(H,17,18,21). The SMILES string of the molecule is CCc1nnsc1C(=O)Nc1ccnc(Sc2ccccn2)c1. The molecule has 0 saturated heterocycles. The quantitative estimate of drug-likeness (QED) is 0.765. The van der Waals surface area contributed by atoms with Gasteiger partial charge in [0.2, 0.25) is 0 Å². The fraction of sp³-hybridized carbons (Fsp3) is 0.133. The van der Waals surface area contributed by atoms with Gasteiger partial charge in [0.1, 0.15) is 14.9 Å². The lowest BCUT2D eigenvalue weighted by Crippen LogP contribution is -2.12. The summed E-state index contributed by atoms with van der Waals surface area (Å²) >= 11 is 2.54. The monoisotopic (exact) mass is 343 g/mol. The van der Waals surface area contributed by atoms with E-state index in [1.54, 1.807) is 18.5 Å². The minimum Gasteiger partial charge on any atom is -0.321 e. The van der Waals surface area contributed by atoms with Crippen molar-refractivity contribution >= 4 is 34.9 Å². The van der Waals surface area contributed by atoms with Crippen molar-refractivity contribution in [3.8, 4) is 0 Å². The maximum atomic E-state index is 12.3. The molecule has 3 aromatic heterocycles. The van der Waals surface area contributed by atoms with Gasteiger partial charge in [0.25, 0.3) is 5.91 Å². The Morgan fingerprint density at radius 3 is 2.87 bits per heavy atom. The molecular weight excluding hydrogens is 330 g/mol. The van der Waals surface area contributed by atoms with Gasteiger partial charge in [-0.15, -0.1) is 5.10 Å². The molecule has 0 fully saturated rings. The Hall–Kier alpha value is -2.32. The van der Waals surface area contributed by atoms with Crippen molar-refractivity contribution in [3.63, 3.8) is 0 Å². The van der Waals surface area contributed by atoms with E-state index in [1.807, 2.05) is 31.2 Å². The first-order chi connectivity index (χ1) is 11.3. The molecule has 0 radical (unpaired) electrons. The fourth-order valence-corrected chi connectivity index (χ4v) is 3.28. The number of pyridine rings is 2. The highest BCUT2D eigenvalue weighted by Crippen LogP contribution is 2.26. The first kappa shape index (κ1) is 15.6. The van der Waals surface area contributed by atoms with Gasteiger partial charge in [-0.2, -0.15) is 0 Å². The van der Waals surface area contributed by atoms with E-state index in [1.165, 1.54) is 11.8 Å². The number of carbonyl (C=O) groups is 1. The average molecular weight is 343 g/mol. The second kappa shape index (κ2) is 7.30. The van der Waals surface area contributed by atoms with Gasteiger partial charge in [-0.1, -0.05) is 29.2 Å². The van der Waals surface area contributed by atoms with Gasteiger partial charge in [0.15, 0.2) is 0 Å². The molecular formula is C15H13N5OS2. The Kier molecular flexibility index (Phi) is 4.94. The second-order valence-corrected chi connectivity index (χ2v) is 6.30. The number of aromatic nitrogens is 4. The molecule has 0 aliphatic rings. The van der Waals surface area contributed by atoms with Crippen LogP contribution in [0.15, 0.2) is 52.8 Å². The molecule has 0 saturated carbocycles. The van der Waals surface area contributed by atoms with Crippen molar-refractivity contribution in [3.05, 3.63) is 53.3 Å². The number of nitrogens with zero attached hydrogens (tertiary/aromatic N) is 4. The predicted octanol–water partition coefficient (Wildman–Crippen LogP) is 3.29. The molecule has 0 atom stereocenters. The van der Waals surface area contributed by atoms with Crippen LogP contribution < -0.4 is 5.32 Å². The summed E-state index contributed by atoms with van der Waals surface area (Å²) in [6, 6.07) is 9.26. The number of carbonyl (C=O) groups excluding carboxylic acids is 1. The summed E-state index contributed by atoms with van der Waals surface area (Å²) in [5.74, 6) is -0.197. The first-order valence-corrected chi connectivity index (χ1v) is 8.52. The van der Waals surface area contributed by atoms with Gasteiger partial charge in [0.05, 0.1) is 5.69 Å². The zero-order valence-electron chi connectivity index (χ0n) is 12.3. The van der Waals surface area contributed by atoms with Gasteiger partial charge >= 0.3 is 0 Å². The van der Waals surface area contributed by atoms with E-state index < -0.39 is 0 Å². The highest BCUT2D eigenvalue weighted by Gasteiger charge is 2.15. The molecule has 116 valence electrons. The summed E-state index contributed by atoms with van der Waals surface area (Å²) in [4.78, 5) is 21.4. The number of hydrogen-bond acceptors (Lipinski definition) is 7. The summed E-state index contributed by atoms with van der Waals surface area (Å²) in [5, 5.41) is 8.43. The number of aryl methyl sites for hydroxylation is 1. The third kappa shape index (κ3) is 3.91. The van der Waals surface area contributed by atoms with Crippen LogP contribution in [0, 0.1) is 0 Å². The smallest absolute Gasteiger partial charge is 0.269 e. The lowest BCUT2D eigenvalue weighted by atomic mass is 10.3. The minimum atomic E-state index is -0.197. The van der Waals surface area contributed by atoms with Gasteiger partial charge < -0.3 is 5.32 Å². The van der Waals surface area contributed by atoms with Crippen LogP contribution in [-0.2, 0) is 6.42 Å². The number of hydrogen-bond donors (Lipinski definition) is 1. The largest absolute Gasteiger partial charge is 0.321 e. The molecule has 0 aliphatic carbocycles. The van der Waals surface area contributed by atoms with E-state index in [-0.39, 0.29) is 5.91 Å². The second-order valence-electron chi connectivity index (χ2n) is 4.51. The molecule has 3 aromatic rings. The summed E-state index contributed by atoms with van der Waals surface area (Å²) in [6.45, 7) is 1.95. The van der Waals surface area contributed by atoms with Crippen molar-refractivity contribution < 1.29 is 4.79 Å². The summed E-state index contributed by atoms with van der Waals surface area (Å²) in [7, 11) is 0. The average Bonchev–Trinajstić information content (AvgIpc) is 3.05. The molecule has 0 aliphatic heterocycles. The Labute approximate surface area is 141 Å². The molecule has 1 N–H and O–H groups in total. The normalized spacial score (nSPS) is 10.5.